The van der Waals surface area contributed by atoms with Gasteiger partial charge in [-0.3, -0.25) is 4.79 Å². The van der Waals surface area contributed by atoms with E-state index in [-0.39, 0.29) is 12.5 Å². The Morgan fingerprint density at radius 2 is 0.600 bits per heavy atom. The summed E-state index contributed by atoms with van der Waals surface area (Å²) in [5, 5.41) is 54.9. The maximum Gasteiger partial charge on any atom is 0.220 e. The van der Waals surface area contributed by atoms with Crippen LogP contribution >= 0.6 is 0 Å². The van der Waals surface area contributed by atoms with E-state index in [1.54, 1.807) is 6.08 Å². The highest BCUT2D eigenvalue weighted by molar-refractivity contribution is 5.76. The number of aliphatic hydroxyl groups excluding tert-OH is 5. The lowest BCUT2D eigenvalue weighted by molar-refractivity contribution is -0.302. The number of hydrogen-bond acceptors (Lipinski definition) is 8. The van der Waals surface area contributed by atoms with Gasteiger partial charge in [0.05, 0.1) is 25.4 Å². The van der Waals surface area contributed by atoms with E-state index in [0.717, 1.165) is 38.5 Å². The van der Waals surface area contributed by atoms with Crippen molar-refractivity contribution < 1.29 is 39.8 Å². The summed E-state index contributed by atoms with van der Waals surface area (Å²) in [6, 6.07) is -0.822. The molecule has 564 valence electrons. The lowest BCUT2D eigenvalue weighted by Gasteiger charge is -2.40. The van der Waals surface area contributed by atoms with Crippen molar-refractivity contribution in [3.05, 3.63) is 24.3 Å². The number of hydrogen-bond donors (Lipinski definition) is 6. The summed E-state index contributed by atoms with van der Waals surface area (Å²) >= 11 is 0. The predicted molar refractivity (Wildman–Crippen MR) is 410 cm³/mol. The standard InChI is InChI=1S/C86H167NO8/c1-3-5-7-9-11-13-15-17-19-21-23-25-27-29-31-33-35-37-38-39-40-41-42-44-46-48-50-52-54-56-58-60-62-64-66-68-70-72-74-76-82(90)87-79(78-94-86-85(93)84(92)83(91)81(77-88)95-86)80(89)75-73-71-69-67-65-63-61-59-57-55-53-51-49-47-45-43-36-34-32-30-28-26-24-22-20-18-16-14-12-10-8-6-4-2/h65,67,73,75,79-81,83-86,88-89,91-93H,3-64,66,68-72,74,76-78H2,1-2H3,(H,87,90)/b67-65+,75-73+. The molecule has 1 saturated heterocycles. The zero-order valence-electron chi connectivity index (χ0n) is 63.7. The molecule has 7 unspecified atom stereocenters. The number of ether oxygens (including phenoxy) is 2. The normalized spacial score (nSPS) is 17.5. The number of rotatable bonds is 78. The molecule has 1 rings (SSSR count). The van der Waals surface area contributed by atoms with Crippen molar-refractivity contribution in [1.82, 2.24) is 5.32 Å². The molecule has 1 amide bonds. The van der Waals surface area contributed by atoms with Gasteiger partial charge in [-0.25, -0.2) is 0 Å². The van der Waals surface area contributed by atoms with Crippen molar-refractivity contribution in [2.24, 2.45) is 0 Å². The third kappa shape index (κ3) is 63.3. The first-order chi connectivity index (χ1) is 46.8. The first kappa shape index (κ1) is 91.7. The minimum Gasteiger partial charge on any atom is -0.394 e. The van der Waals surface area contributed by atoms with Crippen molar-refractivity contribution in [3.8, 4) is 0 Å². The van der Waals surface area contributed by atoms with Gasteiger partial charge in [-0.1, -0.05) is 449 Å². The van der Waals surface area contributed by atoms with Crippen LogP contribution in [0.2, 0.25) is 0 Å². The molecule has 0 aromatic heterocycles. The van der Waals surface area contributed by atoms with Crippen LogP contribution in [0, 0.1) is 0 Å². The second-order valence-electron chi connectivity index (χ2n) is 30.3. The summed E-state index contributed by atoms with van der Waals surface area (Å²) in [5.74, 6) is -0.175. The number of unbranched alkanes of at least 4 members (excludes halogenated alkanes) is 66. The van der Waals surface area contributed by atoms with Crippen molar-refractivity contribution in [1.29, 1.82) is 0 Å². The fourth-order valence-electron chi connectivity index (χ4n) is 14.4. The van der Waals surface area contributed by atoms with Crippen LogP contribution in [-0.2, 0) is 14.3 Å². The number of nitrogens with one attached hydrogen (secondary N) is 1. The molecule has 1 fully saturated rings. The Balaban J connectivity index is 2.04. The van der Waals surface area contributed by atoms with Crippen LogP contribution in [0.25, 0.3) is 0 Å². The summed E-state index contributed by atoms with van der Waals surface area (Å²) in [6.07, 6.45) is 95.2. The highest BCUT2D eigenvalue weighted by Gasteiger charge is 2.44. The van der Waals surface area contributed by atoms with Crippen LogP contribution in [0.3, 0.4) is 0 Å². The average molecular weight is 1340 g/mol. The van der Waals surface area contributed by atoms with E-state index in [2.05, 4.69) is 31.3 Å². The Kier molecular flexibility index (Phi) is 72.7. The third-order valence-corrected chi connectivity index (χ3v) is 21.0. The third-order valence-electron chi connectivity index (χ3n) is 21.0. The fourth-order valence-corrected chi connectivity index (χ4v) is 14.4. The molecule has 9 nitrogen and oxygen atoms in total. The van der Waals surface area contributed by atoms with Gasteiger partial charge in [-0.2, -0.15) is 0 Å². The fraction of sp³-hybridized carbons (Fsp3) is 0.942. The summed E-state index contributed by atoms with van der Waals surface area (Å²) < 4.78 is 11.3. The molecule has 0 aliphatic carbocycles. The van der Waals surface area contributed by atoms with E-state index in [1.165, 1.54) is 405 Å². The Bertz CT molecular complexity index is 1560. The molecule has 0 radical (unpaired) electrons. The maximum absolute atomic E-state index is 13.2. The highest BCUT2D eigenvalue weighted by Crippen LogP contribution is 2.24. The molecular formula is C86H167NO8. The zero-order chi connectivity index (χ0) is 68.5. The minimum absolute atomic E-state index is 0.175. The van der Waals surface area contributed by atoms with E-state index >= 15 is 0 Å². The number of allylic oxidation sites excluding steroid dienone is 3. The van der Waals surface area contributed by atoms with E-state index in [1.807, 2.05) is 6.08 Å². The quantitative estimate of drug-likeness (QED) is 0.0261. The largest absolute Gasteiger partial charge is 0.394 e. The molecule has 0 spiro atoms. The Hall–Kier alpha value is -1.33. The summed E-state index contributed by atoms with van der Waals surface area (Å²) in [6.45, 7) is 3.84. The van der Waals surface area contributed by atoms with E-state index < -0.39 is 49.5 Å². The first-order valence-electron chi connectivity index (χ1n) is 43.1. The van der Waals surface area contributed by atoms with Gasteiger partial charge in [0, 0.05) is 6.42 Å². The van der Waals surface area contributed by atoms with E-state index in [9.17, 15) is 30.3 Å². The van der Waals surface area contributed by atoms with Crippen LogP contribution < -0.4 is 5.32 Å². The van der Waals surface area contributed by atoms with Gasteiger partial charge >= 0.3 is 0 Å². The molecule has 1 aliphatic rings. The molecule has 1 aliphatic heterocycles. The second kappa shape index (κ2) is 75.3. The van der Waals surface area contributed by atoms with Crippen LogP contribution in [0.15, 0.2) is 24.3 Å². The van der Waals surface area contributed by atoms with Crippen molar-refractivity contribution in [2.75, 3.05) is 13.2 Å². The van der Waals surface area contributed by atoms with Gasteiger partial charge in [-0.05, 0) is 32.1 Å². The van der Waals surface area contributed by atoms with Crippen molar-refractivity contribution >= 4 is 5.91 Å². The molecule has 7 atom stereocenters. The van der Waals surface area contributed by atoms with E-state index in [0.29, 0.717) is 6.42 Å². The van der Waals surface area contributed by atoms with Crippen molar-refractivity contribution in [3.63, 3.8) is 0 Å². The number of carbonyl (C=O) groups is 1. The van der Waals surface area contributed by atoms with Gasteiger partial charge in [0.1, 0.15) is 24.4 Å². The molecule has 6 N–H and O–H groups in total. The molecule has 1 heterocycles. The number of amides is 1. The second-order valence-corrected chi connectivity index (χ2v) is 30.3. The number of aliphatic hydroxyl groups is 5. The Morgan fingerprint density at radius 3 is 0.884 bits per heavy atom. The van der Waals surface area contributed by atoms with E-state index in [4.69, 9.17) is 9.47 Å². The first-order valence-corrected chi connectivity index (χ1v) is 43.1. The van der Waals surface area contributed by atoms with Crippen LogP contribution in [0.5, 0.6) is 0 Å². The minimum atomic E-state index is -1.57. The highest BCUT2D eigenvalue weighted by atomic mass is 16.7. The van der Waals surface area contributed by atoms with Gasteiger partial charge in [-0.15, -0.1) is 0 Å². The molecule has 95 heavy (non-hydrogen) atoms. The molecule has 0 saturated carbocycles. The van der Waals surface area contributed by atoms with Crippen LogP contribution in [0.1, 0.15) is 463 Å². The van der Waals surface area contributed by atoms with Crippen LogP contribution in [0.4, 0.5) is 0 Å². The zero-order valence-corrected chi connectivity index (χ0v) is 63.7. The smallest absolute Gasteiger partial charge is 0.220 e. The number of carbonyl (C=O) groups excluding carboxylic acids is 1. The monoisotopic (exact) mass is 1340 g/mol. The van der Waals surface area contributed by atoms with Gasteiger partial charge in [0.25, 0.3) is 0 Å². The molecule has 0 bridgehead atoms. The Morgan fingerprint density at radius 1 is 0.347 bits per heavy atom. The van der Waals surface area contributed by atoms with Crippen molar-refractivity contribution in [2.45, 2.75) is 506 Å². The molecule has 0 aromatic rings. The molecule has 9 heteroatoms. The molecular weight excluding hydrogens is 1170 g/mol. The van der Waals surface area contributed by atoms with Gasteiger partial charge in [0.2, 0.25) is 5.91 Å². The summed E-state index contributed by atoms with van der Waals surface area (Å²) in [5.41, 5.74) is 0. The predicted octanol–water partition coefficient (Wildman–Crippen LogP) is 25.1. The molecule has 0 aromatic carbocycles. The lowest BCUT2D eigenvalue weighted by Crippen LogP contribution is -2.60. The van der Waals surface area contributed by atoms with Gasteiger partial charge < -0.3 is 40.3 Å². The van der Waals surface area contributed by atoms with Crippen LogP contribution in [-0.4, -0.2) is 87.5 Å². The topological polar surface area (TPSA) is 149 Å². The Labute approximate surface area is 591 Å². The summed E-state index contributed by atoms with van der Waals surface area (Å²) in [7, 11) is 0. The average Bonchev–Trinajstić information content (AvgIpc) is 0.836. The summed E-state index contributed by atoms with van der Waals surface area (Å²) in [4.78, 5) is 13.2. The SMILES string of the molecule is CCCCCCCCCCCCCCCCCCCCCCCCCCCCC/C=C/CC/C=C/C(O)C(COC1OC(CO)C(O)C(O)C1O)NC(=O)CCCCCCCCCCCCCCCCCCCCCCCCCCCCCCCCCCCCCCCCC. The lowest BCUT2D eigenvalue weighted by atomic mass is 9.99. The maximum atomic E-state index is 13.2. The van der Waals surface area contributed by atoms with Gasteiger partial charge in [0.15, 0.2) is 6.29 Å².